The van der Waals surface area contributed by atoms with Gasteiger partial charge in [0.2, 0.25) is 0 Å². The van der Waals surface area contributed by atoms with Crippen molar-refractivity contribution in [3.8, 4) is 0 Å². The summed E-state index contributed by atoms with van der Waals surface area (Å²) in [5, 5.41) is 3.45. The summed E-state index contributed by atoms with van der Waals surface area (Å²) >= 11 is 0. The summed E-state index contributed by atoms with van der Waals surface area (Å²) in [6.45, 7) is 12.1. The van der Waals surface area contributed by atoms with Crippen LogP contribution in [0.25, 0.3) is 0 Å². The molecule has 0 fully saturated rings. The van der Waals surface area contributed by atoms with Crippen LogP contribution in [0.5, 0.6) is 0 Å². The first-order valence-corrected chi connectivity index (χ1v) is 5.72. The summed E-state index contributed by atoms with van der Waals surface area (Å²) in [5.41, 5.74) is 0.413. The van der Waals surface area contributed by atoms with Gasteiger partial charge in [-0.15, -0.1) is 0 Å². The summed E-state index contributed by atoms with van der Waals surface area (Å²) in [6.07, 6.45) is 2.58. The molecule has 0 aliphatic rings. The molecule has 2 nitrogen and oxygen atoms in total. The van der Waals surface area contributed by atoms with Crippen LogP contribution in [0.4, 0.5) is 0 Å². The first-order valence-electron chi connectivity index (χ1n) is 5.72. The summed E-state index contributed by atoms with van der Waals surface area (Å²) in [7, 11) is 1.75. The fourth-order valence-electron chi connectivity index (χ4n) is 1.64. The Morgan fingerprint density at radius 3 is 2.36 bits per heavy atom. The molecule has 0 saturated heterocycles. The van der Waals surface area contributed by atoms with Gasteiger partial charge in [-0.1, -0.05) is 34.1 Å². The van der Waals surface area contributed by atoms with Gasteiger partial charge in [0, 0.05) is 13.7 Å². The third-order valence-electron chi connectivity index (χ3n) is 2.74. The van der Waals surface area contributed by atoms with Crippen LogP contribution in [0.3, 0.4) is 0 Å². The van der Waals surface area contributed by atoms with Crippen molar-refractivity contribution in [1.29, 1.82) is 0 Å². The summed E-state index contributed by atoms with van der Waals surface area (Å²) < 4.78 is 5.01. The zero-order valence-corrected chi connectivity index (χ0v) is 10.5. The van der Waals surface area contributed by atoms with Crippen LogP contribution in [0.2, 0.25) is 0 Å². The lowest BCUT2D eigenvalue weighted by molar-refractivity contribution is 0.182. The van der Waals surface area contributed by atoms with Crippen LogP contribution in [-0.4, -0.2) is 26.8 Å². The van der Waals surface area contributed by atoms with Gasteiger partial charge in [0.25, 0.3) is 0 Å². The average Bonchev–Trinajstić information content (AvgIpc) is 2.08. The van der Waals surface area contributed by atoms with Gasteiger partial charge in [0.1, 0.15) is 0 Å². The first kappa shape index (κ1) is 13.9. The minimum atomic E-state index is 0.413. The van der Waals surface area contributed by atoms with Crippen LogP contribution >= 0.6 is 0 Å². The number of ether oxygens (including phenoxy) is 1. The molecule has 0 radical (unpaired) electrons. The SMILES string of the molecule is CCCC(CNCCOC)C(C)(C)C. The Hall–Kier alpha value is -0.0800. The lowest BCUT2D eigenvalue weighted by Crippen LogP contribution is -2.33. The Morgan fingerprint density at radius 1 is 1.29 bits per heavy atom. The first-order chi connectivity index (χ1) is 6.52. The van der Waals surface area contributed by atoms with Gasteiger partial charge < -0.3 is 10.1 Å². The Kier molecular flexibility index (Phi) is 7.20. The number of rotatable bonds is 7. The second-order valence-electron chi connectivity index (χ2n) is 5.05. The van der Waals surface area contributed by atoms with E-state index in [4.69, 9.17) is 4.74 Å². The van der Waals surface area contributed by atoms with E-state index in [0.717, 1.165) is 25.6 Å². The Labute approximate surface area is 89.4 Å². The predicted octanol–water partition coefficient (Wildman–Crippen LogP) is 2.68. The molecule has 0 aliphatic heterocycles. The van der Waals surface area contributed by atoms with Gasteiger partial charge in [0.05, 0.1) is 6.61 Å². The normalized spacial score (nSPS) is 14.4. The second kappa shape index (κ2) is 7.24. The molecule has 0 aromatic carbocycles. The number of hydrogen-bond acceptors (Lipinski definition) is 2. The lowest BCUT2D eigenvalue weighted by atomic mass is 9.78. The van der Waals surface area contributed by atoms with Crippen molar-refractivity contribution in [3.05, 3.63) is 0 Å². The van der Waals surface area contributed by atoms with Crippen LogP contribution < -0.4 is 5.32 Å². The molecule has 1 N–H and O–H groups in total. The maximum absolute atomic E-state index is 5.01. The van der Waals surface area contributed by atoms with Crippen LogP contribution in [0, 0.1) is 11.3 Å². The zero-order valence-electron chi connectivity index (χ0n) is 10.5. The van der Waals surface area contributed by atoms with Crippen molar-refractivity contribution in [2.45, 2.75) is 40.5 Å². The van der Waals surface area contributed by atoms with Crippen molar-refractivity contribution in [3.63, 3.8) is 0 Å². The van der Waals surface area contributed by atoms with Crippen LogP contribution in [0.1, 0.15) is 40.5 Å². The van der Waals surface area contributed by atoms with Gasteiger partial charge in [-0.25, -0.2) is 0 Å². The van der Waals surface area contributed by atoms with E-state index in [1.54, 1.807) is 7.11 Å². The summed E-state index contributed by atoms with van der Waals surface area (Å²) in [5.74, 6) is 0.768. The molecule has 86 valence electrons. The van der Waals surface area contributed by atoms with E-state index in [1.807, 2.05) is 0 Å². The smallest absolute Gasteiger partial charge is 0.0587 e. The van der Waals surface area contributed by atoms with Crippen molar-refractivity contribution in [2.24, 2.45) is 11.3 Å². The molecule has 0 aromatic rings. The number of methoxy groups -OCH3 is 1. The second-order valence-corrected chi connectivity index (χ2v) is 5.05. The summed E-state index contributed by atoms with van der Waals surface area (Å²) in [6, 6.07) is 0. The number of nitrogens with one attached hydrogen (secondary N) is 1. The third kappa shape index (κ3) is 6.39. The standard InChI is InChI=1S/C12H27NO/c1-6-7-11(12(2,3)4)10-13-8-9-14-5/h11,13H,6-10H2,1-5H3. The predicted molar refractivity (Wildman–Crippen MR) is 62.6 cm³/mol. The maximum atomic E-state index is 5.01. The van der Waals surface area contributed by atoms with E-state index in [1.165, 1.54) is 12.8 Å². The molecule has 0 spiro atoms. The Morgan fingerprint density at radius 2 is 1.93 bits per heavy atom. The molecule has 0 aliphatic carbocycles. The molecule has 0 rings (SSSR count). The van der Waals surface area contributed by atoms with Gasteiger partial charge in [-0.2, -0.15) is 0 Å². The molecule has 0 heterocycles. The van der Waals surface area contributed by atoms with E-state index < -0.39 is 0 Å². The van der Waals surface area contributed by atoms with Gasteiger partial charge in [-0.3, -0.25) is 0 Å². The molecule has 0 bridgehead atoms. The summed E-state index contributed by atoms with van der Waals surface area (Å²) in [4.78, 5) is 0. The lowest BCUT2D eigenvalue weighted by Gasteiger charge is -2.30. The highest BCUT2D eigenvalue weighted by atomic mass is 16.5. The van der Waals surface area contributed by atoms with Crippen LogP contribution in [0.15, 0.2) is 0 Å². The van der Waals surface area contributed by atoms with E-state index in [-0.39, 0.29) is 0 Å². The molecule has 0 saturated carbocycles. The molecule has 0 aromatic heterocycles. The zero-order chi connectivity index (χ0) is 11.0. The molecule has 0 amide bonds. The molecule has 1 unspecified atom stereocenters. The van der Waals surface area contributed by atoms with Crippen molar-refractivity contribution >= 4 is 0 Å². The van der Waals surface area contributed by atoms with E-state index in [2.05, 4.69) is 33.0 Å². The highest BCUT2D eigenvalue weighted by Crippen LogP contribution is 2.28. The van der Waals surface area contributed by atoms with Crippen LogP contribution in [-0.2, 0) is 4.74 Å². The largest absolute Gasteiger partial charge is 0.383 e. The highest BCUT2D eigenvalue weighted by Gasteiger charge is 2.22. The molecule has 1 atom stereocenters. The Balaban J connectivity index is 3.74. The fraction of sp³-hybridized carbons (Fsp3) is 1.00. The van der Waals surface area contributed by atoms with Gasteiger partial charge in [-0.05, 0) is 24.3 Å². The van der Waals surface area contributed by atoms with Crippen molar-refractivity contribution in [1.82, 2.24) is 5.32 Å². The van der Waals surface area contributed by atoms with Crippen molar-refractivity contribution in [2.75, 3.05) is 26.8 Å². The highest BCUT2D eigenvalue weighted by molar-refractivity contribution is 4.75. The van der Waals surface area contributed by atoms with E-state index in [0.29, 0.717) is 5.41 Å². The fourth-order valence-corrected chi connectivity index (χ4v) is 1.64. The van der Waals surface area contributed by atoms with Gasteiger partial charge in [0.15, 0.2) is 0 Å². The average molecular weight is 201 g/mol. The maximum Gasteiger partial charge on any atom is 0.0587 e. The van der Waals surface area contributed by atoms with Crippen molar-refractivity contribution < 1.29 is 4.74 Å². The van der Waals surface area contributed by atoms with E-state index in [9.17, 15) is 0 Å². The molecule has 14 heavy (non-hydrogen) atoms. The monoisotopic (exact) mass is 201 g/mol. The molecular weight excluding hydrogens is 174 g/mol. The molecular formula is C12H27NO. The molecule has 2 heteroatoms. The number of hydrogen-bond donors (Lipinski definition) is 1. The minimum absolute atomic E-state index is 0.413. The minimum Gasteiger partial charge on any atom is -0.383 e. The Bertz CT molecular complexity index is 129. The third-order valence-corrected chi connectivity index (χ3v) is 2.74. The topological polar surface area (TPSA) is 21.3 Å². The quantitative estimate of drug-likeness (QED) is 0.639. The van der Waals surface area contributed by atoms with E-state index >= 15 is 0 Å². The van der Waals surface area contributed by atoms with Gasteiger partial charge >= 0.3 is 0 Å².